The Morgan fingerprint density at radius 3 is 2.82 bits per heavy atom. The summed E-state index contributed by atoms with van der Waals surface area (Å²) in [7, 11) is -1.68. The molecule has 1 fully saturated rings. The summed E-state index contributed by atoms with van der Waals surface area (Å²) in [6.45, 7) is -1.81. The van der Waals surface area contributed by atoms with E-state index in [0.29, 0.717) is 16.2 Å². The number of nitriles is 1. The molecule has 1 amide bonds. The topological polar surface area (TPSA) is 234 Å². The number of hydrogen-bond donors (Lipinski definition) is 4. The zero-order valence-corrected chi connectivity index (χ0v) is 30.4. The number of imidazole rings is 2. The van der Waals surface area contributed by atoms with E-state index in [1.807, 2.05) is 6.07 Å². The third-order valence-corrected chi connectivity index (χ3v) is 10.3. The largest absolute Gasteiger partial charge is 0.521 e. The predicted octanol–water partition coefficient (Wildman–Crippen LogP) is 2.88. The fourth-order valence-corrected chi connectivity index (χ4v) is 7.22. The molecule has 0 bridgehead atoms. The van der Waals surface area contributed by atoms with Crippen LogP contribution in [0.5, 0.6) is 0 Å². The second-order valence-electron chi connectivity index (χ2n) is 10.9. The number of aromatic nitrogens is 7. The summed E-state index contributed by atoms with van der Waals surface area (Å²) in [6.07, 6.45) is -3.87. The second-order valence-corrected chi connectivity index (χ2v) is 15.9. The molecule has 4 N–H and O–H groups in total. The molecule has 1 aliphatic rings. The normalized spacial score (nSPS) is 20.7. The second kappa shape index (κ2) is 16.6. The Morgan fingerprint density at radius 2 is 2.10 bits per heavy atom. The Kier molecular flexibility index (Phi) is 12.7. The molecule has 1 saturated heterocycles. The smallest absolute Gasteiger partial charge is 0.394 e. The van der Waals surface area contributed by atoms with E-state index in [4.69, 9.17) is 63.3 Å². The fourth-order valence-electron chi connectivity index (χ4n) is 4.76. The number of aliphatic hydroxyl groups excluding tert-OH is 1. The Morgan fingerprint density at radius 1 is 1.34 bits per heavy atom. The van der Waals surface area contributed by atoms with Gasteiger partial charge in [0.1, 0.15) is 49.7 Å². The summed E-state index contributed by atoms with van der Waals surface area (Å²) >= 11 is 16.5. The van der Waals surface area contributed by atoms with Gasteiger partial charge in [0.25, 0.3) is 5.56 Å². The number of halogens is 2. The van der Waals surface area contributed by atoms with Crippen molar-refractivity contribution in [2.45, 2.75) is 58.0 Å². The maximum Gasteiger partial charge on any atom is 0.521 e. The standard InChI is InChI=1S/C26H29ClFN9O9P2S2/c1-13(2)23(39)34-26-33-21-19(24(40)35-26)37(12-31-21)25-20(18(28)16(10-38)45-25)46-48(41,50)44-11-17-32-15-8-14(27)9-30-22(15)36(17)5-7-43-47(49)42-6-3-4-29/h8-9,12-13,16,18,20,25,38H,3,5-7,10-11H2,1-2H3,(H2-,33,34,35,39,40,41,50)/p+1/t16-,18-,20-,25-,48?/m1/s1. The van der Waals surface area contributed by atoms with Gasteiger partial charge in [-0.2, -0.15) is 10.2 Å². The Bertz CT molecular complexity index is 2050. The lowest BCUT2D eigenvalue weighted by Gasteiger charge is -2.25. The molecule has 0 spiro atoms. The van der Waals surface area contributed by atoms with Gasteiger partial charge >= 0.3 is 13.9 Å². The number of carbonyl (C=O) groups excluding carboxylic acids is 1. The predicted molar refractivity (Wildman–Crippen MR) is 183 cm³/mol. The minimum absolute atomic E-state index is 0.0694. The summed E-state index contributed by atoms with van der Waals surface area (Å²) in [6, 6.07) is 3.52. The molecule has 5 heterocycles. The maximum atomic E-state index is 15.6. The first kappa shape index (κ1) is 38.3. The van der Waals surface area contributed by atoms with E-state index in [-0.39, 0.29) is 49.1 Å². The van der Waals surface area contributed by atoms with E-state index in [2.05, 4.69) is 30.2 Å². The van der Waals surface area contributed by atoms with Crippen LogP contribution in [0, 0.1) is 17.2 Å². The number of pyridine rings is 1. The molecule has 4 aromatic heterocycles. The SMILES string of the molecule is CC(C)C(=O)Nc1nc2ncn([C@@H]3O[C@H](CO)[C@@H](F)[C@H]3OP(O)(=S)OCc3nc4cc(Cl)cnc4n3CCO[P+](=S)OCCC#N)c2c(=O)[nH]1. The number of anilines is 1. The lowest BCUT2D eigenvalue weighted by Crippen LogP contribution is -2.32. The molecule has 24 heteroatoms. The number of rotatable bonds is 16. The van der Waals surface area contributed by atoms with Crippen LogP contribution in [0.2, 0.25) is 5.02 Å². The zero-order chi connectivity index (χ0) is 36.2. The van der Waals surface area contributed by atoms with E-state index in [1.165, 1.54) is 6.20 Å². The Labute approximate surface area is 298 Å². The lowest BCUT2D eigenvalue weighted by atomic mass is 10.1. The summed E-state index contributed by atoms with van der Waals surface area (Å²) in [5.74, 6) is -0.710. The molecule has 268 valence electrons. The van der Waals surface area contributed by atoms with Gasteiger partial charge < -0.3 is 23.8 Å². The van der Waals surface area contributed by atoms with Gasteiger partial charge in [0.05, 0.1) is 30.7 Å². The van der Waals surface area contributed by atoms with Crippen molar-refractivity contribution in [3.8, 4) is 6.07 Å². The van der Waals surface area contributed by atoms with Crippen molar-refractivity contribution in [1.29, 1.82) is 5.26 Å². The molecule has 0 saturated carbocycles. The van der Waals surface area contributed by atoms with E-state index in [9.17, 15) is 19.6 Å². The van der Waals surface area contributed by atoms with Crippen LogP contribution in [0.1, 0.15) is 32.3 Å². The third-order valence-electron chi connectivity index (χ3n) is 7.09. The molecule has 50 heavy (non-hydrogen) atoms. The lowest BCUT2D eigenvalue weighted by molar-refractivity contribution is -0.118. The summed E-state index contributed by atoms with van der Waals surface area (Å²) in [4.78, 5) is 55.8. The number of ether oxygens (including phenoxy) is 1. The molecule has 0 aromatic carbocycles. The van der Waals surface area contributed by atoms with Crippen LogP contribution < -0.4 is 10.9 Å². The van der Waals surface area contributed by atoms with E-state index >= 15 is 4.39 Å². The van der Waals surface area contributed by atoms with Gasteiger partial charge in [0.2, 0.25) is 23.7 Å². The van der Waals surface area contributed by atoms with Crippen molar-refractivity contribution in [3.05, 3.63) is 39.8 Å². The fraction of sp³-hybridized carbons (Fsp3) is 0.500. The number of aromatic amines is 1. The van der Waals surface area contributed by atoms with E-state index in [1.54, 1.807) is 24.5 Å². The maximum absolute atomic E-state index is 15.6. The van der Waals surface area contributed by atoms with Crippen LogP contribution in [-0.2, 0) is 64.4 Å². The first-order valence-electron chi connectivity index (χ1n) is 14.8. The molecule has 6 atom stereocenters. The number of H-pyrrole nitrogens is 1. The monoisotopic (exact) mass is 792 g/mol. The first-order chi connectivity index (χ1) is 23.8. The highest BCUT2D eigenvalue weighted by Gasteiger charge is 2.49. The zero-order valence-electron chi connectivity index (χ0n) is 26.2. The molecular weight excluding hydrogens is 763 g/mol. The van der Waals surface area contributed by atoms with Crippen molar-refractivity contribution in [2.75, 3.05) is 25.1 Å². The van der Waals surface area contributed by atoms with Crippen LogP contribution in [0.3, 0.4) is 0 Å². The molecule has 5 rings (SSSR count). The molecule has 2 unspecified atom stereocenters. The van der Waals surface area contributed by atoms with Gasteiger partial charge in [-0.25, -0.2) is 19.3 Å². The van der Waals surface area contributed by atoms with Crippen LogP contribution in [-0.4, -0.2) is 88.2 Å². The van der Waals surface area contributed by atoms with Gasteiger partial charge in [-0.15, -0.1) is 9.05 Å². The van der Waals surface area contributed by atoms with Crippen molar-refractivity contribution in [2.24, 2.45) is 5.92 Å². The minimum Gasteiger partial charge on any atom is -0.394 e. The van der Waals surface area contributed by atoms with Crippen LogP contribution >= 0.6 is 25.5 Å². The molecule has 4 aromatic rings. The molecule has 18 nitrogen and oxygen atoms in total. The van der Waals surface area contributed by atoms with Gasteiger partial charge in [-0.3, -0.25) is 29.0 Å². The molecule has 0 radical (unpaired) electrons. The summed E-state index contributed by atoms with van der Waals surface area (Å²) in [5, 5.41) is 21.3. The Hall–Kier alpha value is -2.96. The van der Waals surface area contributed by atoms with Gasteiger partial charge in [-0.1, -0.05) is 25.4 Å². The highest BCUT2D eigenvalue weighted by Crippen LogP contribution is 2.50. The van der Waals surface area contributed by atoms with Crippen molar-refractivity contribution < 1.29 is 42.0 Å². The van der Waals surface area contributed by atoms with Gasteiger partial charge in [0, 0.05) is 12.1 Å². The van der Waals surface area contributed by atoms with Gasteiger partial charge in [-0.05, 0) is 17.9 Å². The summed E-state index contributed by atoms with van der Waals surface area (Å²) < 4.78 is 46.2. The highest BCUT2D eigenvalue weighted by molar-refractivity contribution is 8.07. The van der Waals surface area contributed by atoms with E-state index in [0.717, 1.165) is 10.9 Å². The molecule has 1 aliphatic heterocycles. The van der Waals surface area contributed by atoms with Crippen LogP contribution in [0.25, 0.3) is 22.3 Å². The highest BCUT2D eigenvalue weighted by atomic mass is 35.5. The minimum atomic E-state index is -4.30. The number of hydrogen-bond acceptors (Lipinski definition) is 15. The first-order valence-corrected chi connectivity index (χ1v) is 19.9. The number of nitrogens with zero attached hydrogens (tertiary/aromatic N) is 7. The Balaban J connectivity index is 1.34. The average Bonchev–Trinajstić information content (AvgIpc) is 3.73. The van der Waals surface area contributed by atoms with E-state index < -0.39 is 69.1 Å². The number of nitrogens with one attached hydrogen (secondary N) is 2. The number of alkyl halides is 1. The van der Waals surface area contributed by atoms with Crippen molar-refractivity contribution >= 4 is 83.3 Å². The van der Waals surface area contributed by atoms with Crippen molar-refractivity contribution in [3.63, 3.8) is 0 Å². The third kappa shape index (κ3) is 8.91. The van der Waals surface area contributed by atoms with Crippen molar-refractivity contribution in [1.82, 2.24) is 34.1 Å². The quantitative estimate of drug-likeness (QED) is 0.0943. The number of amides is 1. The van der Waals surface area contributed by atoms with Crippen LogP contribution in [0.4, 0.5) is 10.3 Å². The number of carbonyl (C=O) groups is 1. The molecular formula is C26H30ClFN9O9P2S2+. The number of fused-ring (bicyclic) bond motifs is 2. The average molecular weight is 793 g/mol. The number of aliphatic hydroxyl groups is 1. The molecule has 0 aliphatic carbocycles. The van der Waals surface area contributed by atoms with Crippen LogP contribution in [0.15, 0.2) is 23.4 Å². The summed E-state index contributed by atoms with van der Waals surface area (Å²) in [5.41, 5.74) is -0.216. The van der Waals surface area contributed by atoms with Gasteiger partial charge in [0.15, 0.2) is 29.2 Å².